The highest BCUT2D eigenvalue weighted by Crippen LogP contribution is 2.37. The van der Waals surface area contributed by atoms with Crippen LogP contribution in [0.5, 0.6) is 0 Å². The lowest BCUT2D eigenvalue weighted by Gasteiger charge is -2.21. The maximum absolute atomic E-state index is 12.7. The van der Waals surface area contributed by atoms with Gasteiger partial charge in [-0.2, -0.15) is 5.10 Å². The van der Waals surface area contributed by atoms with Gasteiger partial charge in [-0.05, 0) is 86.8 Å². The van der Waals surface area contributed by atoms with Crippen molar-refractivity contribution < 1.29 is 4.79 Å². The van der Waals surface area contributed by atoms with E-state index < -0.39 is 0 Å². The molecule has 1 saturated heterocycles. The van der Waals surface area contributed by atoms with Crippen molar-refractivity contribution in [2.24, 2.45) is 5.92 Å². The van der Waals surface area contributed by atoms with Crippen molar-refractivity contribution in [2.45, 2.75) is 26.2 Å². The maximum atomic E-state index is 12.7. The number of thiophene rings is 1. The number of anilines is 1. The number of aromatic amines is 2. The molecule has 1 aliphatic rings. The Labute approximate surface area is 236 Å². The van der Waals surface area contributed by atoms with Crippen LogP contribution in [0.2, 0.25) is 0 Å². The SMILES string of the molecule is Cc1ccc(-c2cccc3[nH]c(-c4n[nH]c5ccc(-c6cncc(NC(=O)CC7CCNCC7)c6)cc45)cc23)s1. The minimum atomic E-state index is 0.0503. The molecule has 40 heavy (non-hydrogen) atoms. The smallest absolute Gasteiger partial charge is 0.224 e. The number of hydrogen-bond donors (Lipinski definition) is 4. The zero-order chi connectivity index (χ0) is 27.1. The number of nitrogens with one attached hydrogen (secondary N) is 4. The first-order chi connectivity index (χ1) is 19.6. The minimum Gasteiger partial charge on any atom is -0.353 e. The highest BCUT2D eigenvalue weighted by molar-refractivity contribution is 7.15. The molecule has 7 rings (SSSR count). The van der Waals surface area contributed by atoms with E-state index in [1.807, 2.05) is 29.7 Å². The van der Waals surface area contributed by atoms with E-state index in [1.165, 1.54) is 20.7 Å². The van der Waals surface area contributed by atoms with Crippen molar-refractivity contribution in [1.29, 1.82) is 0 Å². The molecule has 4 N–H and O–H groups in total. The molecule has 5 heterocycles. The summed E-state index contributed by atoms with van der Waals surface area (Å²) in [5.41, 5.74) is 7.80. The summed E-state index contributed by atoms with van der Waals surface area (Å²) >= 11 is 1.81. The molecule has 4 aromatic heterocycles. The number of fused-ring (bicyclic) bond motifs is 2. The summed E-state index contributed by atoms with van der Waals surface area (Å²) in [6.45, 7) is 4.11. The fourth-order valence-electron chi connectivity index (χ4n) is 5.70. The molecule has 0 saturated carbocycles. The Hall–Kier alpha value is -4.27. The van der Waals surface area contributed by atoms with Crippen molar-refractivity contribution >= 4 is 44.7 Å². The van der Waals surface area contributed by atoms with Gasteiger partial charge in [0, 0.05) is 49.8 Å². The number of amides is 1. The summed E-state index contributed by atoms with van der Waals surface area (Å²) in [5.74, 6) is 0.490. The number of carbonyl (C=O) groups excluding carboxylic acids is 1. The molecule has 7 nitrogen and oxygen atoms in total. The average molecular weight is 547 g/mol. The number of carbonyl (C=O) groups is 1. The molecule has 0 aliphatic carbocycles. The van der Waals surface area contributed by atoms with Gasteiger partial charge in [0.15, 0.2) is 0 Å². The summed E-state index contributed by atoms with van der Waals surface area (Å²) in [6.07, 6.45) is 6.19. The summed E-state index contributed by atoms with van der Waals surface area (Å²) < 4.78 is 0. The number of rotatable bonds is 6. The third-order valence-electron chi connectivity index (χ3n) is 7.78. The van der Waals surface area contributed by atoms with Gasteiger partial charge >= 0.3 is 0 Å². The standard InChI is InChI=1S/C32H30N6OS/c1-19-5-8-30(40-19)24-3-2-4-27-25(24)16-29(36-27)32-26-15-21(6-7-28(26)37-38-32)22-14-23(18-34-17-22)35-31(39)13-20-9-11-33-12-10-20/h2-8,14-18,20,33,36H,9-13H2,1H3,(H,35,39)(H,37,38). The Balaban J connectivity index is 1.19. The Kier molecular flexibility index (Phi) is 6.42. The molecule has 0 unspecified atom stereocenters. The number of piperidine rings is 1. The second-order valence-electron chi connectivity index (χ2n) is 10.6. The zero-order valence-electron chi connectivity index (χ0n) is 22.3. The van der Waals surface area contributed by atoms with Gasteiger partial charge in [-0.3, -0.25) is 14.9 Å². The highest BCUT2D eigenvalue weighted by atomic mass is 32.1. The van der Waals surface area contributed by atoms with E-state index in [2.05, 4.69) is 86.3 Å². The van der Waals surface area contributed by atoms with Crippen LogP contribution in [0.15, 0.2) is 73.1 Å². The van der Waals surface area contributed by atoms with Crippen LogP contribution in [-0.4, -0.2) is 39.2 Å². The van der Waals surface area contributed by atoms with Gasteiger partial charge in [0.05, 0.1) is 23.1 Å². The number of H-pyrrole nitrogens is 2. The number of aromatic nitrogens is 4. The van der Waals surface area contributed by atoms with Gasteiger partial charge in [0.25, 0.3) is 0 Å². The Morgan fingerprint density at radius 1 is 0.975 bits per heavy atom. The van der Waals surface area contributed by atoms with E-state index in [1.54, 1.807) is 6.20 Å². The normalized spacial score (nSPS) is 14.2. The van der Waals surface area contributed by atoms with Crippen LogP contribution in [0.4, 0.5) is 5.69 Å². The molecule has 6 aromatic rings. The summed E-state index contributed by atoms with van der Waals surface area (Å²) in [5, 5.41) is 16.5. The lowest BCUT2D eigenvalue weighted by atomic mass is 9.94. The molecule has 0 radical (unpaired) electrons. The first-order valence-electron chi connectivity index (χ1n) is 13.7. The van der Waals surface area contributed by atoms with Crippen LogP contribution in [0.25, 0.3) is 54.8 Å². The summed E-state index contributed by atoms with van der Waals surface area (Å²) in [4.78, 5) is 23.3. The van der Waals surface area contributed by atoms with Gasteiger partial charge in [0.1, 0.15) is 5.69 Å². The Morgan fingerprint density at radius 3 is 2.73 bits per heavy atom. The Morgan fingerprint density at radius 2 is 1.88 bits per heavy atom. The maximum Gasteiger partial charge on any atom is 0.224 e. The highest BCUT2D eigenvalue weighted by Gasteiger charge is 2.18. The molecule has 2 aromatic carbocycles. The van der Waals surface area contributed by atoms with Crippen LogP contribution in [0, 0.1) is 12.8 Å². The molecule has 0 bridgehead atoms. The van der Waals surface area contributed by atoms with Crippen LogP contribution >= 0.6 is 11.3 Å². The molecular formula is C32H30N6OS. The van der Waals surface area contributed by atoms with Gasteiger partial charge in [-0.1, -0.05) is 18.2 Å². The monoisotopic (exact) mass is 546 g/mol. The third-order valence-corrected chi connectivity index (χ3v) is 8.81. The van der Waals surface area contributed by atoms with Gasteiger partial charge in [-0.25, -0.2) is 0 Å². The minimum absolute atomic E-state index is 0.0503. The van der Waals surface area contributed by atoms with E-state index in [0.29, 0.717) is 12.3 Å². The Bertz CT molecular complexity index is 1840. The van der Waals surface area contributed by atoms with E-state index in [9.17, 15) is 4.79 Å². The topological polar surface area (TPSA) is 98.5 Å². The summed E-state index contributed by atoms with van der Waals surface area (Å²) in [7, 11) is 0. The molecule has 0 atom stereocenters. The first kappa shape index (κ1) is 24.7. The predicted molar refractivity (Wildman–Crippen MR) is 164 cm³/mol. The summed E-state index contributed by atoms with van der Waals surface area (Å²) in [6, 6.07) is 21.2. The van der Waals surface area contributed by atoms with E-state index in [4.69, 9.17) is 0 Å². The van der Waals surface area contributed by atoms with Crippen LogP contribution < -0.4 is 10.6 Å². The zero-order valence-corrected chi connectivity index (χ0v) is 23.1. The van der Waals surface area contributed by atoms with Crippen molar-refractivity contribution in [1.82, 2.24) is 25.5 Å². The van der Waals surface area contributed by atoms with Crippen molar-refractivity contribution in [3.05, 3.63) is 77.9 Å². The van der Waals surface area contributed by atoms with E-state index in [-0.39, 0.29) is 5.91 Å². The quantitative estimate of drug-likeness (QED) is 0.178. The molecule has 1 amide bonds. The van der Waals surface area contributed by atoms with Crippen LogP contribution in [0.3, 0.4) is 0 Å². The fourth-order valence-corrected chi connectivity index (χ4v) is 6.61. The average Bonchev–Trinajstić information content (AvgIpc) is 3.71. The van der Waals surface area contributed by atoms with Crippen LogP contribution in [-0.2, 0) is 4.79 Å². The molecule has 1 aliphatic heterocycles. The number of pyridine rings is 1. The molecule has 0 spiro atoms. The molecular weight excluding hydrogens is 516 g/mol. The first-order valence-corrected chi connectivity index (χ1v) is 14.6. The lowest BCUT2D eigenvalue weighted by Crippen LogP contribution is -2.30. The largest absolute Gasteiger partial charge is 0.353 e. The van der Waals surface area contributed by atoms with E-state index in [0.717, 1.165) is 70.6 Å². The third kappa shape index (κ3) is 4.80. The van der Waals surface area contributed by atoms with Crippen molar-refractivity contribution in [2.75, 3.05) is 18.4 Å². The number of aryl methyl sites for hydroxylation is 1. The molecule has 200 valence electrons. The second-order valence-corrected chi connectivity index (χ2v) is 11.9. The van der Waals surface area contributed by atoms with Crippen LogP contribution in [0.1, 0.15) is 24.1 Å². The lowest BCUT2D eigenvalue weighted by molar-refractivity contribution is -0.117. The number of nitrogens with zero attached hydrogens (tertiary/aromatic N) is 2. The van der Waals surface area contributed by atoms with E-state index >= 15 is 0 Å². The van der Waals surface area contributed by atoms with Gasteiger partial charge < -0.3 is 15.6 Å². The van der Waals surface area contributed by atoms with Crippen molar-refractivity contribution in [3.8, 4) is 33.0 Å². The second kappa shape index (κ2) is 10.4. The van der Waals surface area contributed by atoms with Gasteiger partial charge in [-0.15, -0.1) is 11.3 Å². The van der Waals surface area contributed by atoms with Gasteiger partial charge in [0.2, 0.25) is 5.91 Å². The molecule has 8 heteroatoms. The van der Waals surface area contributed by atoms with Crippen molar-refractivity contribution in [3.63, 3.8) is 0 Å². The molecule has 1 fully saturated rings. The number of hydrogen-bond acceptors (Lipinski definition) is 5. The number of benzene rings is 2. The predicted octanol–water partition coefficient (Wildman–Crippen LogP) is 7.14. The fraction of sp³-hybridized carbons (Fsp3) is 0.219.